The van der Waals surface area contributed by atoms with Gasteiger partial charge in [-0.1, -0.05) is 15.9 Å². The fourth-order valence-corrected chi connectivity index (χ4v) is 3.76. The quantitative estimate of drug-likeness (QED) is 0.849. The maximum Gasteiger partial charge on any atom is 0.252 e. The summed E-state index contributed by atoms with van der Waals surface area (Å²) >= 11 is 6.79. The third kappa shape index (κ3) is 2.16. The summed E-state index contributed by atoms with van der Waals surface area (Å²) in [6, 6.07) is 5.98. The summed E-state index contributed by atoms with van der Waals surface area (Å²) < 4.78 is 1.79. The highest BCUT2D eigenvalue weighted by molar-refractivity contribution is 9.11. The van der Waals surface area contributed by atoms with Crippen LogP contribution in [-0.4, -0.2) is 25.0 Å². The molecule has 17 heavy (non-hydrogen) atoms. The minimum Gasteiger partial charge on any atom is -0.349 e. The van der Waals surface area contributed by atoms with E-state index in [2.05, 4.69) is 42.5 Å². The van der Waals surface area contributed by atoms with Crippen molar-refractivity contribution < 1.29 is 4.79 Å². The van der Waals surface area contributed by atoms with Gasteiger partial charge in [0.15, 0.2) is 0 Å². The van der Waals surface area contributed by atoms with Gasteiger partial charge in [-0.25, -0.2) is 0 Å². The zero-order valence-electron chi connectivity index (χ0n) is 9.04. The van der Waals surface area contributed by atoms with E-state index < -0.39 is 0 Å². The maximum absolute atomic E-state index is 12.1. The smallest absolute Gasteiger partial charge is 0.252 e. The molecule has 90 valence electrons. The molecular formula is C12H12Br2N2O. The van der Waals surface area contributed by atoms with Crippen LogP contribution in [0.1, 0.15) is 10.4 Å². The zero-order chi connectivity index (χ0) is 12.0. The van der Waals surface area contributed by atoms with Gasteiger partial charge in [0.25, 0.3) is 5.91 Å². The fourth-order valence-electron chi connectivity index (χ4n) is 2.54. The summed E-state index contributed by atoms with van der Waals surface area (Å²) in [6.07, 6.45) is 0. The second-order valence-electron chi connectivity index (χ2n) is 4.61. The Morgan fingerprint density at radius 2 is 2.00 bits per heavy atom. The van der Waals surface area contributed by atoms with Gasteiger partial charge in [0, 0.05) is 28.1 Å². The average molecular weight is 360 g/mol. The van der Waals surface area contributed by atoms with Crippen LogP contribution in [0.3, 0.4) is 0 Å². The van der Waals surface area contributed by atoms with Crippen LogP contribution in [-0.2, 0) is 0 Å². The van der Waals surface area contributed by atoms with E-state index in [1.54, 1.807) is 0 Å². The molecule has 0 bridgehead atoms. The van der Waals surface area contributed by atoms with Crippen molar-refractivity contribution >= 4 is 37.8 Å². The Hall–Kier alpha value is -0.390. The number of hydrogen-bond acceptors (Lipinski definition) is 2. The Morgan fingerprint density at radius 3 is 2.65 bits per heavy atom. The van der Waals surface area contributed by atoms with Crippen molar-refractivity contribution in [3.05, 3.63) is 32.7 Å². The second kappa shape index (κ2) is 4.37. The van der Waals surface area contributed by atoms with Gasteiger partial charge < -0.3 is 10.6 Å². The topological polar surface area (TPSA) is 41.1 Å². The molecule has 0 aromatic heterocycles. The molecule has 1 aromatic rings. The molecule has 1 amide bonds. The van der Waals surface area contributed by atoms with Gasteiger partial charge >= 0.3 is 0 Å². The zero-order valence-corrected chi connectivity index (χ0v) is 12.2. The molecule has 1 aliphatic carbocycles. The van der Waals surface area contributed by atoms with Gasteiger partial charge in [0.05, 0.1) is 5.56 Å². The molecule has 2 N–H and O–H groups in total. The predicted octanol–water partition coefficient (Wildman–Crippen LogP) is 2.16. The van der Waals surface area contributed by atoms with Gasteiger partial charge in [-0.2, -0.15) is 0 Å². The van der Waals surface area contributed by atoms with E-state index in [9.17, 15) is 4.79 Å². The SMILES string of the molecule is O=C(NC1C2CNCC21)c1ccc(Br)cc1Br. The first-order chi connectivity index (χ1) is 8.16. The number of halogens is 2. The van der Waals surface area contributed by atoms with Crippen LogP contribution in [0.15, 0.2) is 27.1 Å². The van der Waals surface area contributed by atoms with Crippen molar-refractivity contribution in [2.75, 3.05) is 13.1 Å². The number of carbonyl (C=O) groups excluding carboxylic acids is 1. The molecule has 1 heterocycles. The van der Waals surface area contributed by atoms with E-state index in [1.165, 1.54) is 0 Å². The molecule has 2 atom stereocenters. The minimum absolute atomic E-state index is 0.0174. The Balaban J connectivity index is 1.70. The van der Waals surface area contributed by atoms with Crippen LogP contribution in [0, 0.1) is 11.8 Å². The number of hydrogen-bond donors (Lipinski definition) is 2. The number of benzene rings is 1. The Morgan fingerprint density at radius 1 is 1.29 bits per heavy atom. The lowest BCUT2D eigenvalue weighted by molar-refractivity contribution is 0.0946. The Labute approximate surface area is 117 Å². The van der Waals surface area contributed by atoms with Crippen molar-refractivity contribution in [3.63, 3.8) is 0 Å². The number of fused-ring (bicyclic) bond motifs is 1. The lowest BCUT2D eigenvalue weighted by Gasteiger charge is -2.09. The highest BCUT2D eigenvalue weighted by Gasteiger charge is 2.53. The molecule has 2 unspecified atom stereocenters. The first-order valence-electron chi connectivity index (χ1n) is 5.63. The highest BCUT2D eigenvalue weighted by Crippen LogP contribution is 2.41. The third-order valence-corrected chi connectivity index (χ3v) is 4.71. The van der Waals surface area contributed by atoms with Crippen molar-refractivity contribution in [1.29, 1.82) is 0 Å². The largest absolute Gasteiger partial charge is 0.349 e. The molecule has 5 heteroatoms. The van der Waals surface area contributed by atoms with Crippen LogP contribution >= 0.6 is 31.9 Å². The van der Waals surface area contributed by atoms with E-state index in [1.807, 2.05) is 18.2 Å². The molecule has 3 nitrogen and oxygen atoms in total. The van der Waals surface area contributed by atoms with Gasteiger partial charge in [-0.05, 0) is 46.0 Å². The van der Waals surface area contributed by atoms with Crippen LogP contribution < -0.4 is 10.6 Å². The van der Waals surface area contributed by atoms with Crippen molar-refractivity contribution in [2.24, 2.45) is 11.8 Å². The van der Waals surface area contributed by atoms with E-state index in [0.717, 1.165) is 22.0 Å². The monoisotopic (exact) mass is 358 g/mol. The first kappa shape index (κ1) is 11.7. The van der Waals surface area contributed by atoms with E-state index in [-0.39, 0.29) is 5.91 Å². The summed E-state index contributed by atoms with van der Waals surface area (Å²) in [5.41, 5.74) is 0.700. The number of piperidine rings is 1. The third-order valence-electron chi connectivity index (χ3n) is 3.57. The molecule has 0 radical (unpaired) electrons. The summed E-state index contributed by atoms with van der Waals surface area (Å²) in [5.74, 6) is 1.31. The van der Waals surface area contributed by atoms with Gasteiger partial charge in [0.2, 0.25) is 0 Å². The summed E-state index contributed by atoms with van der Waals surface area (Å²) in [7, 11) is 0. The van der Waals surface area contributed by atoms with Gasteiger partial charge in [-0.15, -0.1) is 0 Å². The summed E-state index contributed by atoms with van der Waals surface area (Å²) in [5, 5.41) is 6.43. The number of rotatable bonds is 2. The normalized spacial score (nSPS) is 29.9. The van der Waals surface area contributed by atoms with Crippen LogP contribution in [0.2, 0.25) is 0 Å². The van der Waals surface area contributed by atoms with Gasteiger partial charge in [-0.3, -0.25) is 4.79 Å². The summed E-state index contributed by atoms with van der Waals surface area (Å²) in [4.78, 5) is 12.1. The predicted molar refractivity (Wildman–Crippen MR) is 72.9 cm³/mol. The van der Waals surface area contributed by atoms with Crippen LogP contribution in [0.4, 0.5) is 0 Å². The van der Waals surface area contributed by atoms with Crippen molar-refractivity contribution in [3.8, 4) is 0 Å². The molecule has 1 aromatic carbocycles. The minimum atomic E-state index is 0.0174. The van der Waals surface area contributed by atoms with Gasteiger partial charge in [0.1, 0.15) is 0 Å². The molecule has 3 rings (SSSR count). The van der Waals surface area contributed by atoms with Crippen molar-refractivity contribution in [1.82, 2.24) is 10.6 Å². The first-order valence-corrected chi connectivity index (χ1v) is 7.22. The summed E-state index contributed by atoms with van der Waals surface area (Å²) in [6.45, 7) is 2.08. The van der Waals surface area contributed by atoms with E-state index in [4.69, 9.17) is 0 Å². The molecule has 0 spiro atoms. The fraction of sp³-hybridized carbons (Fsp3) is 0.417. The maximum atomic E-state index is 12.1. The molecule has 1 saturated carbocycles. The number of amides is 1. The van der Waals surface area contributed by atoms with E-state index in [0.29, 0.717) is 23.4 Å². The highest BCUT2D eigenvalue weighted by atomic mass is 79.9. The Kier molecular flexibility index (Phi) is 3.00. The number of nitrogens with one attached hydrogen (secondary N) is 2. The molecule has 2 fully saturated rings. The van der Waals surface area contributed by atoms with E-state index >= 15 is 0 Å². The van der Waals surface area contributed by atoms with Crippen LogP contribution in [0.5, 0.6) is 0 Å². The molecular weight excluding hydrogens is 348 g/mol. The van der Waals surface area contributed by atoms with Crippen molar-refractivity contribution in [2.45, 2.75) is 6.04 Å². The molecule has 2 aliphatic rings. The lowest BCUT2D eigenvalue weighted by Crippen LogP contribution is -2.32. The standard InChI is InChI=1S/C12H12Br2N2O/c13-6-1-2-7(10(14)3-6)12(17)16-11-8-4-15-5-9(8)11/h1-3,8-9,11,15H,4-5H2,(H,16,17). The second-order valence-corrected chi connectivity index (χ2v) is 6.38. The Bertz CT molecular complexity index is 468. The van der Waals surface area contributed by atoms with Crippen LogP contribution in [0.25, 0.3) is 0 Å². The lowest BCUT2D eigenvalue weighted by atomic mass is 10.2. The number of carbonyl (C=O) groups is 1. The average Bonchev–Trinajstić information content (AvgIpc) is 2.74. The molecule has 1 aliphatic heterocycles. The molecule has 1 saturated heterocycles.